The van der Waals surface area contributed by atoms with Crippen LogP contribution in [0.25, 0.3) is 0 Å². The van der Waals surface area contributed by atoms with Crippen LogP contribution in [0.1, 0.15) is 0 Å². The predicted octanol–water partition coefficient (Wildman–Crippen LogP) is 0.858. The van der Waals surface area contributed by atoms with Crippen LogP contribution in [-0.2, 0) is 9.53 Å². The summed E-state index contributed by atoms with van der Waals surface area (Å²) in [5.74, 6) is -0.249. The number of ether oxygens (including phenoxy) is 1. The third kappa shape index (κ3) is 1.73. The molecule has 4 heteroatoms. The lowest BCUT2D eigenvalue weighted by atomic mass is 10.5. The Balaban J connectivity index is 2.74. The van der Waals surface area contributed by atoms with Gasteiger partial charge in [-0.25, -0.2) is 4.79 Å². The molecule has 54 valence electrons. The van der Waals surface area contributed by atoms with Crippen molar-refractivity contribution in [1.82, 2.24) is 0 Å². The number of methoxy groups -OCH3 is 1. The van der Waals surface area contributed by atoms with Gasteiger partial charge in [0.25, 0.3) is 0 Å². The Bertz CT molecular complexity index is 230. The molecule has 1 aliphatic rings. The van der Waals surface area contributed by atoms with Crippen LogP contribution in [-0.4, -0.2) is 22.8 Å². The molecule has 3 nitrogen and oxygen atoms in total. The van der Waals surface area contributed by atoms with E-state index in [9.17, 15) is 4.79 Å². The highest BCUT2D eigenvalue weighted by Gasteiger charge is 2.06. The molecular weight excluding hydrogens is 245 g/mol. The quantitative estimate of drug-likeness (QED) is 0.512. The molecule has 0 unspecified atom stereocenters. The molecule has 1 rings (SSSR count). The Labute approximate surface area is 68.5 Å². The lowest BCUT2D eigenvalue weighted by Crippen LogP contribution is -2.14. The minimum Gasteiger partial charge on any atom is -0.465 e. The first-order valence-corrected chi connectivity index (χ1v) is 4.94. The fourth-order valence-electron chi connectivity index (χ4n) is 0.460. The molecule has 0 bridgehead atoms. The zero-order valence-corrected chi connectivity index (χ0v) is 7.53. The van der Waals surface area contributed by atoms with Gasteiger partial charge in [-0.15, -0.1) is 0 Å². The van der Waals surface area contributed by atoms with Crippen LogP contribution in [0.15, 0.2) is 15.3 Å². The summed E-state index contributed by atoms with van der Waals surface area (Å²) >= 11 is -0.286. The average Bonchev–Trinajstić information content (AvgIpc) is 2.05. The minimum absolute atomic E-state index is 0.249. The summed E-state index contributed by atoms with van der Waals surface area (Å²) in [6.07, 6.45) is 3.28. The summed E-state index contributed by atoms with van der Waals surface area (Å²) in [4.78, 5) is 14.6. The number of nitrogens with zero attached hydrogens (tertiary/aromatic N) is 1. The Hall–Kier alpha value is -0.520. The zero-order valence-electron chi connectivity index (χ0n) is 5.37. The zero-order chi connectivity index (χ0) is 7.40. The van der Waals surface area contributed by atoms with Crippen molar-refractivity contribution in [2.24, 2.45) is 4.99 Å². The van der Waals surface area contributed by atoms with Crippen LogP contribution in [0.3, 0.4) is 0 Å². The molecule has 0 aliphatic carbocycles. The average molecular weight is 251 g/mol. The fraction of sp³-hybridized carbons (Fsp3) is 0.167. The van der Waals surface area contributed by atoms with Crippen molar-refractivity contribution in [3.05, 3.63) is 10.3 Å². The van der Waals surface area contributed by atoms with Gasteiger partial charge in [0.2, 0.25) is 0 Å². The highest BCUT2D eigenvalue weighted by Crippen LogP contribution is 2.06. The van der Waals surface area contributed by atoms with E-state index >= 15 is 0 Å². The van der Waals surface area contributed by atoms with E-state index in [1.54, 1.807) is 12.4 Å². The second kappa shape index (κ2) is 3.60. The molecule has 0 amide bonds. The van der Waals surface area contributed by atoms with Crippen molar-refractivity contribution < 1.29 is 9.53 Å². The lowest BCUT2D eigenvalue weighted by Gasteiger charge is -1.97. The van der Waals surface area contributed by atoms with Crippen LogP contribution in [0.5, 0.6) is 0 Å². The number of hydrogen-bond donors (Lipinski definition) is 0. The van der Waals surface area contributed by atoms with Gasteiger partial charge in [-0.1, -0.05) is 20.7 Å². The Kier molecular flexibility index (Phi) is 2.73. The van der Waals surface area contributed by atoms with Crippen LogP contribution in [0.4, 0.5) is 0 Å². The molecule has 1 aliphatic heterocycles. The number of aliphatic imine (C=N–C) groups is 1. The van der Waals surface area contributed by atoms with Gasteiger partial charge in [-0.3, -0.25) is 4.99 Å². The Morgan fingerprint density at radius 3 is 3.10 bits per heavy atom. The van der Waals surface area contributed by atoms with Gasteiger partial charge in [0.05, 0.1) is 7.11 Å². The molecule has 0 saturated carbocycles. The highest BCUT2D eigenvalue weighted by molar-refractivity contribution is 14.2. The minimum atomic E-state index is -0.286. The van der Waals surface area contributed by atoms with Crippen molar-refractivity contribution in [1.29, 1.82) is 0 Å². The van der Waals surface area contributed by atoms with Gasteiger partial charge in [0.15, 0.2) is 0 Å². The summed E-state index contributed by atoms with van der Waals surface area (Å²) in [6, 6.07) is 0. The number of carbonyl (C=O) groups is 1. The van der Waals surface area contributed by atoms with Crippen LogP contribution >= 0.6 is 20.7 Å². The van der Waals surface area contributed by atoms with E-state index in [1.165, 1.54) is 7.11 Å². The normalized spacial score (nSPS) is 15.5. The summed E-state index contributed by atoms with van der Waals surface area (Å²) in [6.45, 7) is 0. The molecule has 1 heterocycles. The van der Waals surface area contributed by atoms with Gasteiger partial charge < -0.3 is 4.74 Å². The number of hydrogen-bond acceptors (Lipinski definition) is 3. The van der Waals surface area contributed by atoms with Crippen molar-refractivity contribution in [3.63, 3.8) is 0 Å². The Morgan fingerprint density at radius 2 is 2.60 bits per heavy atom. The first kappa shape index (κ1) is 7.59. The third-order valence-corrected chi connectivity index (χ3v) is 2.96. The molecule has 0 aromatic carbocycles. The summed E-state index contributed by atoms with van der Waals surface area (Å²) < 4.78 is 7.15. The molecule has 0 radical (unpaired) electrons. The van der Waals surface area contributed by atoms with E-state index in [4.69, 9.17) is 0 Å². The maximum absolute atomic E-state index is 10.8. The monoisotopic (exact) mass is 251 g/mol. The van der Waals surface area contributed by atoms with E-state index in [0.29, 0.717) is 3.51 Å². The molecule has 10 heavy (non-hydrogen) atoms. The SMILES string of the molecule is COC(=O)C1=IC=CN=C1. The van der Waals surface area contributed by atoms with Crippen molar-refractivity contribution in [2.45, 2.75) is 0 Å². The number of rotatable bonds is 1. The topological polar surface area (TPSA) is 38.7 Å². The van der Waals surface area contributed by atoms with Crippen LogP contribution in [0, 0.1) is 0 Å². The number of halogens is 1. The van der Waals surface area contributed by atoms with Crippen LogP contribution < -0.4 is 0 Å². The van der Waals surface area contributed by atoms with Gasteiger partial charge >= 0.3 is 5.97 Å². The van der Waals surface area contributed by atoms with Crippen molar-refractivity contribution >= 4 is 36.4 Å². The van der Waals surface area contributed by atoms with E-state index < -0.39 is 0 Å². The summed E-state index contributed by atoms with van der Waals surface area (Å²) in [5.41, 5.74) is 0. The highest BCUT2D eigenvalue weighted by atomic mass is 127. The maximum atomic E-state index is 10.8. The summed E-state index contributed by atoms with van der Waals surface area (Å²) in [7, 11) is 1.38. The molecular formula is C6H6INO2. The molecule has 0 aromatic heterocycles. The van der Waals surface area contributed by atoms with Gasteiger partial charge in [-0.05, 0) is 4.08 Å². The van der Waals surface area contributed by atoms with Crippen molar-refractivity contribution in [2.75, 3.05) is 7.11 Å². The molecule has 0 N–H and O–H groups in total. The first-order chi connectivity index (χ1) is 4.84. The van der Waals surface area contributed by atoms with Gasteiger partial charge in [0.1, 0.15) is 3.51 Å². The standard InChI is InChI=1S/C6H6INO2/c1-10-6(9)5-4-8-3-2-7-5/h2-4H,1H3. The molecule has 0 atom stereocenters. The second-order valence-corrected chi connectivity index (χ2v) is 4.01. The van der Waals surface area contributed by atoms with Gasteiger partial charge in [-0.2, -0.15) is 0 Å². The second-order valence-electron chi connectivity index (χ2n) is 1.50. The fourth-order valence-corrected chi connectivity index (χ4v) is 1.99. The molecule has 0 fully saturated rings. The largest absolute Gasteiger partial charge is 0.465 e. The van der Waals surface area contributed by atoms with E-state index in [1.807, 2.05) is 4.08 Å². The first-order valence-electron chi connectivity index (χ1n) is 2.61. The maximum Gasteiger partial charge on any atom is 0.345 e. The molecule has 0 aromatic rings. The third-order valence-electron chi connectivity index (χ3n) is 0.891. The van der Waals surface area contributed by atoms with Crippen LogP contribution in [0.2, 0.25) is 0 Å². The molecule has 0 saturated heterocycles. The van der Waals surface area contributed by atoms with E-state index in [0.717, 1.165) is 0 Å². The van der Waals surface area contributed by atoms with E-state index in [2.05, 4.69) is 9.73 Å². The van der Waals surface area contributed by atoms with Gasteiger partial charge in [0, 0.05) is 12.4 Å². The van der Waals surface area contributed by atoms with Crippen molar-refractivity contribution in [3.8, 4) is 0 Å². The predicted molar refractivity (Wildman–Crippen MR) is 48.7 cm³/mol. The Morgan fingerprint density at radius 1 is 1.80 bits per heavy atom. The number of carbonyl (C=O) groups excluding carboxylic acids is 1. The summed E-state index contributed by atoms with van der Waals surface area (Å²) in [5, 5.41) is 0. The lowest BCUT2D eigenvalue weighted by molar-refractivity contribution is -0.132. The van der Waals surface area contributed by atoms with E-state index in [-0.39, 0.29) is 26.7 Å². The number of esters is 1. The molecule has 0 spiro atoms. The smallest absolute Gasteiger partial charge is 0.345 e.